The van der Waals surface area contributed by atoms with Crippen LogP contribution in [0.3, 0.4) is 0 Å². The Morgan fingerprint density at radius 3 is 2.43 bits per heavy atom. The maximum atomic E-state index is 13.2. The van der Waals surface area contributed by atoms with Crippen LogP contribution in [0.4, 0.5) is 0 Å². The molecule has 1 heterocycles. The number of aromatic hydroxyl groups is 1. The zero-order valence-corrected chi connectivity index (χ0v) is 17.6. The Balaban J connectivity index is 1.98. The predicted octanol–water partition coefficient (Wildman–Crippen LogP) is 5.18. The molecule has 4 rings (SSSR count). The second-order valence-electron chi connectivity index (χ2n) is 6.04. The molecule has 0 saturated carbocycles. The molecule has 0 unspecified atom stereocenters. The van der Waals surface area contributed by atoms with Gasteiger partial charge in [-0.15, -0.1) is 0 Å². The van der Waals surface area contributed by atoms with Crippen LogP contribution in [-0.2, 0) is 0 Å². The molecule has 0 atom stereocenters. The molecule has 1 aromatic heterocycles. The minimum atomic E-state index is -0.277. The highest BCUT2D eigenvalue weighted by molar-refractivity contribution is 9.11. The normalized spacial score (nSPS) is 11.4. The fourth-order valence-electron chi connectivity index (χ4n) is 2.77. The summed E-state index contributed by atoms with van der Waals surface area (Å²) in [4.78, 5) is 17.9. The summed E-state index contributed by atoms with van der Waals surface area (Å²) in [6.45, 7) is 0. The van der Waals surface area contributed by atoms with Crippen molar-refractivity contribution < 1.29 is 5.11 Å². The lowest BCUT2D eigenvalue weighted by Gasteiger charge is -2.10. The van der Waals surface area contributed by atoms with E-state index in [0.717, 1.165) is 20.1 Å². The van der Waals surface area contributed by atoms with E-state index < -0.39 is 0 Å². The van der Waals surface area contributed by atoms with Crippen molar-refractivity contribution >= 4 is 49.0 Å². The van der Waals surface area contributed by atoms with E-state index >= 15 is 0 Å². The smallest absolute Gasteiger partial charge is 0.282 e. The Morgan fingerprint density at radius 1 is 1.00 bits per heavy atom. The maximum Gasteiger partial charge on any atom is 0.282 e. The monoisotopic (exact) mass is 497 g/mol. The van der Waals surface area contributed by atoms with Crippen LogP contribution in [0.2, 0.25) is 0 Å². The van der Waals surface area contributed by atoms with Crippen molar-refractivity contribution in [1.29, 1.82) is 0 Å². The average molecular weight is 499 g/mol. The topological polar surface area (TPSA) is 67.5 Å². The van der Waals surface area contributed by atoms with E-state index in [9.17, 15) is 9.90 Å². The van der Waals surface area contributed by atoms with Gasteiger partial charge >= 0.3 is 0 Å². The molecular weight excluding hydrogens is 486 g/mol. The van der Waals surface area contributed by atoms with Gasteiger partial charge in [0.25, 0.3) is 5.56 Å². The van der Waals surface area contributed by atoms with E-state index in [0.29, 0.717) is 16.7 Å². The summed E-state index contributed by atoms with van der Waals surface area (Å²) in [5.41, 5.74) is 1.82. The molecule has 0 amide bonds. The van der Waals surface area contributed by atoms with Gasteiger partial charge < -0.3 is 5.11 Å². The number of halogens is 2. The third-order valence-electron chi connectivity index (χ3n) is 4.12. The van der Waals surface area contributed by atoms with E-state index in [2.05, 4.69) is 37.0 Å². The largest absolute Gasteiger partial charge is 0.508 e. The van der Waals surface area contributed by atoms with Crippen LogP contribution in [0.15, 0.2) is 85.6 Å². The lowest BCUT2D eigenvalue weighted by atomic mass is 10.2. The van der Waals surface area contributed by atoms with Crippen LogP contribution in [0.5, 0.6) is 5.75 Å². The van der Waals surface area contributed by atoms with Crippen molar-refractivity contribution in [2.24, 2.45) is 5.10 Å². The van der Waals surface area contributed by atoms with Crippen LogP contribution in [-0.4, -0.2) is 21.0 Å². The molecule has 138 valence electrons. The van der Waals surface area contributed by atoms with Gasteiger partial charge in [-0.25, -0.2) is 4.98 Å². The fourth-order valence-corrected chi connectivity index (χ4v) is 4.09. The third kappa shape index (κ3) is 3.63. The Morgan fingerprint density at radius 2 is 1.71 bits per heavy atom. The number of benzene rings is 3. The molecule has 4 aromatic rings. The predicted molar refractivity (Wildman–Crippen MR) is 118 cm³/mol. The van der Waals surface area contributed by atoms with E-state index in [1.165, 1.54) is 4.68 Å². The number of hydrogen-bond donors (Lipinski definition) is 1. The number of hydrogen-bond acceptors (Lipinski definition) is 4. The number of aromatic nitrogens is 2. The molecule has 0 bridgehead atoms. The van der Waals surface area contributed by atoms with Gasteiger partial charge in [0.15, 0.2) is 5.82 Å². The van der Waals surface area contributed by atoms with Crippen LogP contribution in [0, 0.1) is 0 Å². The number of phenols is 1. The molecule has 0 radical (unpaired) electrons. The summed E-state index contributed by atoms with van der Waals surface area (Å²) in [7, 11) is 0. The molecule has 0 aliphatic heterocycles. The van der Waals surface area contributed by atoms with Gasteiger partial charge in [0.05, 0.1) is 17.1 Å². The fraction of sp³-hybridized carbons (Fsp3) is 0. The number of phenolic OH excluding ortho intramolecular Hbond substituents is 1. The summed E-state index contributed by atoms with van der Waals surface area (Å²) < 4.78 is 2.79. The number of rotatable bonds is 3. The van der Waals surface area contributed by atoms with Crippen molar-refractivity contribution in [2.75, 3.05) is 0 Å². The first-order valence-electron chi connectivity index (χ1n) is 8.33. The van der Waals surface area contributed by atoms with Crippen LogP contribution in [0.1, 0.15) is 5.56 Å². The summed E-state index contributed by atoms with van der Waals surface area (Å²) in [6.07, 6.45) is 1.56. The van der Waals surface area contributed by atoms with E-state index in [-0.39, 0.29) is 11.3 Å². The molecule has 0 aliphatic rings. The molecule has 3 aromatic carbocycles. The zero-order chi connectivity index (χ0) is 19.7. The maximum absolute atomic E-state index is 13.2. The summed E-state index contributed by atoms with van der Waals surface area (Å²) in [6, 6.07) is 19.6. The van der Waals surface area contributed by atoms with E-state index in [1.54, 1.807) is 36.5 Å². The molecule has 28 heavy (non-hydrogen) atoms. The zero-order valence-electron chi connectivity index (χ0n) is 14.4. The summed E-state index contributed by atoms with van der Waals surface area (Å²) >= 11 is 6.91. The second kappa shape index (κ2) is 7.69. The van der Waals surface area contributed by atoms with E-state index in [4.69, 9.17) is 4.98 Å². The molecule has 0 aliphatic carbocycles. The van der Waals surface area contributed by atoms with Crippen molar-refractivity contribution in [1.82, 2.24) is 9.66 Å². The molecule has 0 fully saturated rings. The van der Waals surface area contributed by atoms with Gasteiger partial charge in [-0.2, -0.15) is 9.78 Å². The summed E-state index contributed by atoms with van der Waals surface area (Å²) in [5.74, 6) is 0.609. The molecule has 5 nitrogen and oxygen atoms in total. The van der Waals surface area contributed by atoms with Crippen molar-refractivity contribution in [3.63, 3.8) is 0 Å². The van der Waals surface area contributed by atoms with E-state index in [1.807, 2.05) is 36.4 Å². The first kappa shape index (κ1) is 18.6. The molecule has 0 saturated heterocycles. The van der Waals surface area contributed by atoms with Gasteiger partial charge in [-0.05, 0) is 57.9 Å². The molecular formula is C21H13Br2N3O2. The van der Waals surface area contributed by atoms with Gasteiger partial charge in [0.2, 0.25) is 0 Å². The minimum absolute atomic E-state index is 0.168. The quantitative estimate of drug-likeness (QED) is 0.396. The van der Waals surface area contributed by atoms with Crippen LogP contribution in [0.25, 0.3) is 22.3 Å². The molecule has 1 N–H and O–H groups in total. The first-order chi connectivity index (χ1) is 13.5. The minimum Gasteiger partial charge on any atom is -0.508 e. The highest BCUT2D eigenvalue weighted by Crippen LogP contribution is 2.27. The van der Waals surface area contributed by atoms with Crippen molar-refractivity contribution in [2.45, 2.75) is 0 Å². The van der Waals surface area contributed by atoms with Crippen molar-refractivity contribution in [3.8, 4) is 17.1 Å². The lowest BCUT2D eigenvalue weighted by molar-refractivity contribution is 0.475. The SMILES string of the molecule is O=c1c2cc(Br)cc(Br)c2nc(-c2ccccc2)n1/N=C/c1ccc(O)cc1. The van der Waals surface area contributed by atoms with Gasteiger partial charge in [0, 0.05) is 14.5 Å². The molecule has 7 heteroatoms. The molecule has 0 spiro atoms. The standard InChI is InChI=1S/C21H13Br2N3O2/c22-15-10-17-19(18(23)11-15)25-20(14-4-2-1-3-5-14)26(21(17)28)24-12-13-6-8-16(27)9-7-13/h1-12,27H/b24-12+. The van der Waals surface area contributed by atoms with Gasteiger partial charge in [-0.3, -0.25) is 4.79 Å². The van der Waals surface area contributed by atoms with Crippen molar-refractivity contribution in [3.05, 3.63) is 91.6 Å². The summed E-state index contributed by atoms with van der Waals surface area (Å²) in [5, 5.41) is 14.3. The highest BCUT2D eigenvalue weighted by atomic mass is 79.9. The Labute approximate surface area is 177 Å². The lowest BCUT2D eigenvalue weighted by Crippen LogP contribution is -2.20. The van der Waals surface area contributed by atoms with Gasteiger partial charge in [-0.1, -0.05) is 46.3 Å². The first-order valence-corrected chi connectivity index (χ1v) is 9.92. The van der Waals surface area contributed by atoms with Crippen LogP contribution < -0.4 is 5.56 Å². The van der Waals surface area contributed by atoms with Gasteiger partial charge in [0.1, 0.15) is 5.75 Å². The second-order valence-corrected chi connectivity index (χ2v) is 7.81. The Hall–Kier alpha value is -2.77. The highest BCUT2D eigenvalue weighted by Gasteiger charge is 2.15. The Bertz CT molecular complexity index is 1250. The number of nitrogens with zero attached hydrogens (tertiary/aromatic N) is 3. The van der Waals surface area contributed by atoms with Crippen LogP contribution >= 0.6 is 31.9 Å². The third-order valence-corrected chi connectivity index (χ3v) is 5.18. The Kier molecular flexibility index (Phi) is 5.11. The number of fused-ring (bicyclic) bond motifs is 1. The average Bonchev–Trinajstić information content (AvgIpc) is 2.69.